The molecule has 2 N–H and O–H groups in total. The molecule has 1 aromatic carbocycles. The summed E-state index contributed by atoms with van der Waals surface area (Å²) in [7, 11) is 0. The second kappa shape index (κ2) is 4.68. The van der Waals surface area contributed by atoms with E-state index in [1.165, 1.54) is 12.1 Å². The van der Waals surface area contributed by atoms with Gasteiger partial charge in [-0.3, -0.25) is 0 Å². The summed E-state index contributed by atoms with van der Waals surface area (Å²) in [5, 5.41) is 20.4. The van der Waals surface area contributed by atoms with Gasteiger partial charge in [-0.1, -0.05) is 0 Å². The Morgan fingerprint density at radius 2 is 2.06 bits per heavy atom. The number of aliphatic hydroxyl groups is 1. The van der Waals surface area contributed by atoms with Crippen LogP contribution in [0.25, 0.3) is 0 Å². The van der Waals surface area contributed by atoms with Crippen LogP contribution in [-0.2, 0) is 0 Å². The van der Waals surface area contributed by atoms with Crippen LogP contribution in [0, 0.1) is 28.9 Å². The van der Waals surface area contributed by atoms with Crippen molar-refractivity contribution in [2.45, 2.75) is 18.9 Å². The lowest BCUT2D eigenvalue weighted by atomic mass is 9.82. The molecule has 0 aliphatic heterocycles. The van der Waals surface area contributed by atoms with E-state index in [0.29, 0.717) is 25.3 Å². The zero-order valence-electron chi connectivity index (χ0n) is 9.08. The maximum Gasteiger partial charge on any atom is 0.183 e. The third-order valence-electron chi connectivity index (χ3n) is 2.99. The van der Waals surface area contributed by atoms with Crippen molar-refractivity contribution in [3.05, 3.63) is 29.3 Å². The molecule has 0 saturated heterocycles. The molecule has 0 heterocycles. The lowest BCUT2D eigenvalue weighted by molar-refractivity contribution is 0.0486. The first-order chi connectivity index (χ1) is 8.11. The molecule has 90 valence electrons. The summed E-state index contributed by atoms with van der Waals surface area (Å²) in [4.78, 5) is 0. The molecule has 0 bridgehead atoms. The number of rotatable bonds is 3. The average Bonchev–Trinajstić information content (AvgIpc) is 2.28. The summed E-state index contributed by atoms with van der Waals surface area (Å²) in [5.41, 5.74) is -0.241. The fourth-order valence-corrected chi connectivity index (χ4v) is 1.89. The molecule has 1 aliphatic carbocycles. The fraction of sp³-hybridized carbons (Fsp3) is 0.417. The highest BCUT2D eigenvalue weighted by atomic mass is 19.2. The number of hydrogen-bond donors (Lipinski definition) is 2. The summed E-state index contributed by atoms with van der Waals surface area (Å²) < 4.78 is 26.7. The van der Waals surface area contributed by atoms with Crippen molar-refractivity contribution in [3.63, 3.8) is 0 Å². The van der Waals surface area contributed by atoms with Gasteiger partial charge in [-0.15, -0.1) is 0 Å². The Hall–Kier alpha value is -1.67. The van der Waals surface area contributed by atoms with E-state index in [-0.39, 0.29) is 17.4 Å². The number of aliphatic hydroxyl groups excluding tert-OH is 1. The third-order valence-corrected chi connectivity index (χ3v) is 2.99. The Balaban J connectivity index is 2.02. The first-order valence-corrected chi connectivity index (χ1v) is 5.42. The molecule has 0 aromatic heterocycles. The number of nitriles is 1. The molecule has 0 radical (unpaired) electrons. The van der Waals surface area contributed by atoms with Crippen molar-refractivity contribution in [1.82, 2.24) is 0 Å². The lowest BCUT2D eigenvalue weighted by Crippen LogP contribution is -2.33. The van der Waals surface area contributed by atoms with Crippen molar-refractivity contribution in [1.29, 1.82) is 5.26 Å². The zero-order chi connectivity index (χ0) is 12.4. The maximum absolute atomic E-state index is 13.5. The molecule has 5 heteroatoms. The third kappa shape index (κ3) is 2.37. The Bertz CT molecular complexity index is 464. The summed E-state index contributed by atoms with van der Waals surface area (Å²) in [6.07, 6.45) is 1.12. The van der Waals surface area contributed by atoms with Gasteiger partial charge in [-0.05, 0) is 30.9 Å². The van der Waals surface area contributed by atoms with Crippen LogP contribution in [0.4, 0.5) is 14.5 Å². The van der Waals surface area contributed by atoms with Gasteiger partial charge in [0.05, 0.1) is 17.4 Å². The van der Waals surface area contributed by atoms with E-state index in [9.17, 15) is 8.78 Å². The Morgan fingerprint density at radius 1 is 1.35 bits per heavy atom. The van der Waals surface area contributed by atoms with Crippen LogP contribution in [0.5, 0.6) is 0 Å². The second-order valence-electron chi connectivity index (χ2n) is 4.27. The van der Waals surface area contributed by atoms with Gasteiger partial charge >= 0.3 is 0 Å². The first-order valence-electron chi connectivity index (χ1n) is 5.42. The predicted octanol–water partition coefficient (Wildman–Crippen LogP) is 2.02. The van der Waals surface area contributed by atoms with Crippen molar-refractivity contribution in [3.8, 4) is 6.07 Å². The van der Waals surface area contributed by atoms with E-state index >= 15 is 0 Å². The highest BCUT2D eigenvalue weighted by molar-refractivity contribution is 5.49. The highest BCUT2D eigenvalue weighted by Crippen LogP contribution is 2.28. The van der Waals surface area contributed by atoms with Crippen LogP contribution in [-0.4, -0.2) is 17.8 Å². The monoisotopic (exact) mass is 238 g/mol. The number of nitrogens with one attached hydrogen (secondary N) is 1. The maximum atomic E-state index is 13.5. The van der Waals surface area contributed by atoms with Crippen LogP contribution in [0.2, 0.25) is 0 Å². The molecule has 0 unspecified atom stereocenters. The predicted molar refractivity (Wildman–Crippen MR) is 58.3 cm³/mol. The van der Waals surface area contributed by atoms with E-state index < -0.39 is 11.6 Å². The minimum Gasteiger partial charge on any atom is -0.393 e. The van der Waals surface area contributed by atoms with Gasteiger partial charge in [0.25, 0.3) is 0 Å². The van der Waals surface area contributed by atoms with E-state index in [4.69, 9.17) is 10.4 Å². The van der Waals surface area contributed by atoms with E-state index in [0.717, 1.165) is 0 Å². The largest absolute Gasteiger partial charge is 0.393 e. The minimum atomic E-state index is -1.12. The van der Waals surface area contributed by atoms with Crippen LogP contribution in [0.1, 0.15) is 18.4 Å². The number of nitrogens with zero attached hydrogens (tertiary/aromatic N) is 1. The molecule has 1 fully saturated rings. The SMILES string of the molecule is N#Cc1ccc(NCC2CC(O)C2)c(F)c1F. The van der Waals surface area contributed by atoms with Gasteiger partial charge in [0, 0.05) is 6.54 Å². The molecule has 3 nitrogen and oxygen atoms in total. The zero-order valence-corrected chi connectivity index (χ0v) is 9.08. The molecule has 1 saturated carbocycles. The molecular weight excluding hydrogens is 226 g/mol. The second-order valence-corrected chi connectivity index (χ2v) is 4.27. The topological polar surface area (TPSA) is 56.0 Å². The number of hydrogen-bond acceptors (Lipinski definition) is 3. The molecule has 2 rings (SSSR count). The summed E-state index contributed by atoms with van der Waals surface area (Å²) >= 11 is 0. The van der Waals surface area contributed by atoms with Crippen molar-refractivity contribution >= 4 is 5.69 Å². The molecule has 1 aromatic rings. The van der Waals surface area contributed by atoms with Crippen LogP contribution in [0.3, 0.4) is 0 Å². The summed E-state index contributed by atoms with van der Waals surface area (Å²) in [6.45, 7) is 0.499. The summed E-state index contributed by atoms with van der Waals surface area (Å²) in [6, 6.07) is 4.18. The van der Waals surface area contributed by atoms with Crippen LogP contribution < -0.4 is 5.32 Å². The van der Waals surface area contributed by atoms with Crippen LogP contribution in [0.15, 0.2) is 12.1 Å². The smallest absolute Gasteiger partial charge is 0.183 e. The van der Waals surface area contributed by atoms with Crippen molar-refractivity contribution in [2.75, 3.05) is 11.9 Å². The van der Waals surface area contributed by atoms with Gasteiger partial charge in [0.2, 0.25) is 0 Å². The Kier molecular flexibility index (Phi) is 3.25. The van der Waals surface area contributed by atoms with Crippen molar-refractivity contribution in [2.24, 2.45) is 5.92 Å². The number of benzene rings is 1. The molecule has 0 spiro atoms. The first kappa shape index (κ1) is 11.8. The standard InChI is InChI=1S/C12H12F2N2O/c13-11-8(5-15)1-2-10(12(11)14)16-6-7-3-9(17)4-7/h1-2,7,9,16-17H,3-4,6H2. The van der Waals surface area contributed by atoms with Gasteiger partial charge in [0.15, 0.2) is 11.6 Å². The van der Waals surface area contributed by atoms with Crippen molar-refractivity contribution < 1.29 is 13.9 Å². The number of anilines is 1. The van der Waals surface area contributed by atoms with Gasteiger partial charge in [-0.2, -0.15) is 5.26 Å². The Labute approximate surface area is 97.7 Å². The van der Waals surface area contributed by atoms with Gasteiger partial charge in [-0.25, -0.2) is 8.78 Å². The van der Waals surface area contributed by atoms with Gasteiger partial charge in [0.1, 0.15) is 6.07 Å². The molecule has 1 aliphatic rings. The molecule has 0 amide bonds. The quantitative estimate of drug-likeness (QED) is 0.847. The fourth-order valence-electron chi connectivity index (χ4n) is 1.89. The lowest BCUT2D eigenvalue weighted by Gasteiger charge is -2.31. The normalized spacial score (nSPS) is 22.7. The molecule has 17 heavy (non-hydrogen) atoms. The molecular formula is C12H12F2N2O. The minimum absolute atomic E-state index is 0.0582. The van der Waals surface area contributed by atoms with Crippen LogP contribution >= 0.6 is 0 Å². The van der Waals surface area contributed by atoms with E-state index in [1.54, 1.807) is 6.07 Å². The highest BCUT2D eigenvalue weighted by Gasteiger charge is 2.27. The number of halogens is 2. The van der Waals surface area contributed by atoms with E-state index in [1.807, 2.05) is 0 Å². The van der Waals surface area contributed by atoms with E-state index in [2.05, 4.69) is 5.32 Å². The summed E-state index contributed by atoms with van der Waals surface area (Å²) in [5.74, 6) is -1.85. The van der Waals surface area contributed by atoms with Gasteiger partial charge < -0.3 is 10.4 Å². The Morgan fingerprint density at radius 3 is 2.65 bits per heavy atom. The average molecular weight is 238 g/mol. The molecule has 0 atom stereocenters.